The molecule has 0 fully saturated rings. The van der Waals surface area contributed by atoms with Crippen molar-refractivity contribution in [3.63, 3.8) is 0 Å². The van der Waals surface area contributed by atoms with Crippen LogP contribution >= 0.6 is 0 Å². The van der Waals surface area contributed by atoms with E-state index in [1.807, 2.05) is 13.8 Å². The predicted octanol–water partition coefficient (Wildman–Crippen LogP) is 2.71. The molecular weight excluding hydrogens is 160 g/mol. The van der Waals surface area contributed by atoms with Gasteiger partial charge in [-0.25, -0.2) is 4.89 Å². The van der Waals surface area contributed by atoms with Crippen LogP contribution in [0.5, 0.6) is 0 Å². The first-order valence-corrected chi connectivity index (χ1v) is 3.79. The zero-order valence-electron chi connectivity index (χ0n) is 8.46. The van der Waals surface area contributed by atoms with Gasteiger partial charge in [-0.2, -0.15) is 0 Å². The highest BCUT2D eigenvalue weighted by molar-refractivity contribution is 4.75. The molecule has 0 saturated heterocycles. The summed E-state index contributed by atoms with van der Waals surface area (Å²) >= 11 is 0. The fourth-order valence-electron chi connectivity index (χ4n) is 1.31. The molecule has 0 rings (SSSR count). The molecule has 0 aliphatic rings. The van der Waals surface area contributed by atoms with E-state index in [2.05, 4.69) is 25.7 Å². The quantitative estimate of drug-likeness (QED) is 0.451. The lowest BCUT2D eigenvalue weighted by Crippen LogP contribution is -2.28. The van der Waals surface area contributed by atoms with E-state index in [0.29, 0.717) is 0 Å². The molecule has 76 valence electrons. The standard InChI is InChI=1S/C8H18O2.H2O2/c1-7(2,3)6-8(4,5)10-9;1-2/h9H,6H2,1-5H3;1-2H. The molecule has 0 spiro atoms. The maximum absolute atomic E-state index is 8.46. The Bertz CT molecular complexity index is 104. The van der Waals surface area contributed by atoms with E-state index in [4.69, 9.17) is 15.8 Å². The molecule has 12 heavy (non-hydrogen) atoms. The number of hydrogen-bond acceptors (Lipinski definition) is 4. The molecule has 0 heterocycles. The van der Waals surface area contributed by atoms with Crippen LogP contribution in [0.25, 0.3) is 0 Å². The van der Waals surface area contributed by atoms with E-state index in [9.17, 15) is 0 Å². The van der Waals surface area contributed by atoms with Crippen LogP contribution in [0.3, 0.4) is 0 Å². The minimum absolute atomic E-state index is 0.201. The molecule has 0 atom stereocenters. The summed E-state index contributed by atoms with van der Waals surface area (Å²) in [6, 6.07) is 0. The second-order valence-corrected chi connectivity index (χ2v) is 4.59. The molecule has 0 aliphatic heterocycles. The molecular formula is C8H20O4. The van der Waals surface area contributed by atoms with Crippen molar-refractivity contribution in [1.82, 2.24) is 0 Å². The fraction of sp³-hybridized carbons (Fsp3) is 1.00. The third-order valence-corrected chi connectivity index (χ3v) is 1.20. The first kappa shape index (κ1) is 14.4. The maximum Gasteiger partial charge on any atom is 0.0982 e. The molecule has 4 heteroatoms. The average Bonchev–Trinajstić information content (AvgIpc) is 1.88. The summed E-state index contributed by atoms with van der Waals surface area (Å²) in [5.74, 6) is 0. The molecule has 0 bridgehead atoms. The molecule has 0 radical (unpaired) electrons. The van der Waals surface area contributed by atoms with Gasteiger partial charge >= 0.3 is 0 Å². The van der Waals surface area contributed by atoms with Gasteiger partial charge in [0.05, 0.1) is 5.60 Å². The van der Waals surface area contributed by atoms with Gasteiger partial charge in [0.1, 0.15) is 0 Å². The summed E-state index contributed by atoms with van der Waals surface area (Å²) in [5.41, 5.74) is -0.218. The minimum atomic E-state index is -0.418. The average molecular weight is 180 g/mol. The lowest BCUT2D eigenvalue weighted by Gasteiger charge is -2.29. The SMILES string of the molecule is CC(C)(C)CC(C)(C)OO.OO. The second kappa shape index (κ2) is 5.48. The Balaban J connectivity index is 0. The van der Waals surface area contributed by atoms with Crippen LogP contribution in [0.1, 0.15) is 41.0 Å². The first-order valence-electron chi connectivity index (χ1n) is 3.79. The van der Waals surface area contributed by atoms with Crippen LogP contribution in [0.2, 0.25) is 0 Å². The summed E-state index contributed by atoms with van der Waals surface area (Å²) in [4.78, 5) is 4.31. The Labute approximate surface area is 73.7 Å². The van der Waals surface area contributed by atoms with Crippen molar-refractivity contribution in [3.05, 3.63) is 0 Å². The van der Waals surface area contributed by atoms with Gasteiger partial charge in [-0.05, 0) is 25.7 Å². The van der Waals surface area contributed by atoms with Gasteiger partial charge in [0, 0.05) is 0 Å². The monoisotopic (exact) mass is 180 g/mol. The van der Waals surface area contributed by atoms with E-state index in [1.165, 1.54) is 0 Å². The Kier molecular flexibility index (Phi) is 6.56. The van der Waals surface area contributed by atoms with Gasteiger partial charge in [-0.1, -0.05) is 20.8 Å². The van der Waals surface area contributed by atoms with Crippen molar-refractivity contribution >= 4 is 0 Å². The molecule has 0 aliphatic carbocycles. The molecule has 4 nitrogen and oxygen atoms in total. The predicted molar refractivity (Wildman–Crippen MR) is 47.1 cm³/mol. The minimum Gasteiger partial charge on any atom is -0.255 e. The molecule has 0 amide bonds. The van der Waals surface area contributed by atoms with Crippen LogP contribution in [0.4, 0.5) is 0 Å². The Morgan fingerprint density at radius 3 is 1.42 bits per heavy atom. The summed E-state index contributed by atoms with van der Waals surface area (Å²) in [7, 11) is 0. The highest BCUT2D eigenvalue weighted by Crippen LogP contribution is 2.28. The van der Waals surface area contributed by atoms with Crippen molar-refractivity contribution in [2.45, 2.75) is 46.6 Å². The van der Waals surface area contributed by atoms with E-state index in [0.717, 1.165) is 6.42 Å². The number of hydrogen-bond donors (Lipinski definition) is 3. The molecule has 0 aromatic heterocycles. The smallest absolute Gasteiger partial charge is 0.0982 e. The molecule has 3 N–H and O–H groups in total. The lowest BCUT2D eigenvalue weighted by molar-refractivity contribution is -0.318. The summed E-state index contributed by atoms with van der Waals surface area (Å²) in [6.45, 7) is 10.1. The summed E-state index contributed by atoms with van der Waals surface area (Å²) < 4.78 is 0. The van der Waals surface area contributed by atoms with Gasteiger partial charge in [0.2, 0.25) is 0 Å². The summed E-state index contributed by atoms with van der Waals surface area (Å²) in [5, 5.41) is 20.5. The Morgan fingerprint density at radius 2 is 1.33 bits per heavy atom. The van der Waals surface area contributed by atoms with Gasteiger partial charge in [-0.15, -0.1) is 0 Å². The highest BCUT2D eigenvalue weighted by atomic mass is 17.1. The maximum atomic E-state index is 8.46. The van der Waals surface area contributed by atoms with Crippen molar-refractivity contribution in [2.75, 3.05) is 0 Å². The Hall–Kier alpha value is -0.160. The number of rotatable bonds is 2. The van der Waals surface area contributed by atoms with Gasteiger partial charge in [0.25, 0.3) is 0 Å². The van der Waals surface area contributed by atoms with E-state index in [1.54, 1.807) is 0 Å². The first-order chi connectivity index (χ1) is 5.27. The van der Waals surface area contributed by atoms with Crippen molar-refractivity contribution in [3.8, 4) is 0 Å². The fourth-order valence-corrected chi connectivity index (χ4v) is 1.31. The summed E-state index contributed by atoms with van der Waals surface area (Å²) in [6.07, 6.45) is 0.844. The van der Waals surface area contributed by atoms with Gasteiger partial charge in [-0.3, -0.25) is 15.8 Å². The third-order valence-electron chi connectivity index (χ3n) is 1.20. The van der Waals surface area contributed by atoms with Crippen LogP contribution < -0.4 is 0 Å². The largest absolute Gasteiger partial charge is 0.255 e. The van der Waals surface area contributed by atoms with Gasteiger partial charge in [0.15, 0.2) is 0 Å². The second-order valence-electron chi connectivity index (χ2n) is 4.59. The van der Waals surface area contributed by atoms with E-state index < -0.39 is 5.60 Å². The lowest BCUT2D eigenvalue weighted by atomic mass is 9.84. The third kappa shape index (κ3) is 9.84. The van der Waals surface area contributed by atoms with Crippen molar-refractivity contribution in [2.24, 2.45) is 5.41 Å². The molecule has 0 saturated carbocycles. The highest BCUT2D eigenvalue weighted by Gasteiger charge is 2.26. The van der Waals surface area contributed by atoms with Crippen molar-refractivity contribution in [1.29, 1.82) is 0 Å². The Morgan fingerprint density at radius 1 is 1.00 bits per heavy atom. The topological polar surface area (TPSA) is 69.9 Å². The van der Waals surface area contributed by atoms with Crippen LogP contribution in [-0.4, -0.2) is 21.4 Å². The molecule has 0 unspecified atom stereocenters. The zero-order chi connectivity index (χ0) is 10.4. The molecule has 0 aromatic carbocycles. The van der Waals surface area contributed by atoms with Crippen molar-refractivity contribution < 1.29 is 20.7 Å². The molecule has 0 aromatic rings. The zero-order valence-corrected chi connectivity index (χ0v) is 8.46. The van der Waals surface area contributed by atoms with E-state index in [-0.39, 0.29) is 5.41 Å². The normalized spacial score (nSPS) is 12.0. The van der Waals surface area contributed by atoms with Crippen LogP contribution in [-0.2, 0) is 4.89 Å². The van der Waals surface area contributed by atoms with Crippen LogP contribution in [0, 0.1) is 5.41 Å². The van der Waals surface area contributed by atoms with Crippen LogP contribution in [0.15, 0.2) is 0 Å². The van der Waals surface area contributed by atoms with E-state index >= 15 is 0 Å². The van der Waals surface area contributed by atoms with Gasteiger partial charge < -0.3 is 0 Å².